The summed E-state index contributed by atoms with van der Waals surface area (Å²) in [6, 6.07) is 9.74. The van der Waals surface area contributed by atoms with Crippen molar-refractivity contribution >= 4 is 28.8 Å². The molecule has 0 radical (unpaired) electrons. The van der Waals surface area contributed by atoms with Crippen LogP contribution in [0.25, 0.3) is 0 Å². The molecule has 27 heavy (non-hydrogen) atoms. The van der Waals surface area contributed by atoms with Crippen LogP contribution in [0.3, 0.4) is 0 Å². The van der Waals surface area contributed by atoms with Crippen LogP contribution in [-0.2, 0) is 14.3 Å². The highest BCUT2D eigenvalue weighted by Gasteiger charge is 2.41. The molecule has 1 aliphatic carbocycles. The van der Waals surface area contributed by atoms with E-state index < -0.39 is 5.97 Å². The number of hydrogen-bond donors (Lipinski definition) is 1. The third-order valence-electron chi connectivity index (χ3n) is 4.81. The van der Waals surface area contributed by atoms with Gasteiger partial charge in [0.25, 0.3) is 0 Å². The highest BCUT2D eigenvalue weighted by molar-refractivity contribution is 8.16. The van der Waals surface area contributed by atoms with Crippen molar-refractivity contribution in [2.75, 3.05) is 7.11 Å². The minimum absolute atomic E-state index is 0.00306. The van der Waals surface area contributed by atoms with Gasteiger partial charge in [-0.2, -0.15) is 0 Å². The summed E-state index contributed by atoms with van der Waals surface area (Å²) in [4.78, 5) is 31.5. The van der Waals surface area contributed by atoms with Crippen molar-refractivity contribution in [3.8, 4) is 0 Å². The van der Waals surface area contributed by atoms with Gasteiger partial charge in [0.15, 0.2) is 5.17 Å². The second-order valence-electron chi connectivity index (χ2n) is 6.81. The molecule has 0 aromatic heterocycles. The lowest BCUT2D eigenvalue weighted by atomic mass is 9.94. The Morgan fingerprint density at radius 2 is 2.04 bits per heavy atom. The number of aliphatic imine (C=N–C) groups is 1. The number of nitrogens with one attached hydrogen (secondary N) is 1. The van der Waals surface area contributed by atoms with Crippen molar-refractivity contribution < 1.29 is 14.3 Å². The summed E-state index contributed by atoms with van der Waals surface area (Å²) >= 11 is 1.48. The highest BCUT2D eigenvalue weighted by Crippen LogP contribution is 2.44. The van der Waals surface area contributed by atoms with E-state index in [0.717, 1.165) is 29.3 Å². The van der Waals surface area contributed by atoms with Crippen molar-refractivity contribution in [1.82, 2.24) is 10.2 Å². The van der Waals surface area contributed by atoms with Gasteiger partial charge in [-0.05, 0) is 30.7 Å². The van der Waals surface area contributed by atoms with Gasteiger partial charge in [-0.1, -0.05) is 42.1 Å². The molecule has 1 unspecified atom stereocenters. The summed E-state index contributed by atoms with van der Waals surface area (Å²) in [7, 11) is 1.38. The molecule has 1 atom stereocenters. The molecule has 0 bridgehead atoms. The molecule has 1 fully saturated rings. The summed E-state index contributed by atoms with van der Waals surface area (Å²) in [6.07, 6.45) is 2.37. The monoisotopic (exact) mass is 383 g/mol. The molecule has 4 rings (SSSR count). The number of rotatable bonds is 5. The van der Waals surface area contributed by atoms with E-state index in [1.807, 2.05) is 47.6 Å². The average Bonchev–Trinajstić information content (AvgIpc) is 3.40. The van der Waals surface area contributed by atoms with Crippen LogP contribution in [0, 0.1) is 0 Å². The maximum atomic E-state index is 12.6. The first-order valence-corrected chi connectivity index (χ1v) is 9.83. The lowest BCUT2D eigenvalue weighted by Gasteiger charge is -2.36. The minimum atomic E-state index is -0.400. The number of thioether (sulfide) groups is 1. The second kappa shape index (κ2) is 7.23. The smallest absolute Gasteiger partial charge is 0.338 e. The van der Waals surface area contributed by atoms with Crippen molar-refractivity contribution in [2.24, 2.45) is 4.99 Å². The molecule has 2 aliphatic heterocycles. The highest BCUT2D eigenvalue weighted by atomic mass is 32.2. The van der Waals surface area contributed by atoms with Gasteiger partial charge in [-0.25, -0.2) is 9.79 Å². The van der Waals surface area contributed by atoms with Crippen LogP contribution >= 0.6 is 11.8 Å². The van der Waals surface area contributed by atoms with Gasteiger partial charge in [-0.3, -0.25) is 4.79 Å². The van der Waals surface area contributed by atoms with Crippen molar-refractivity contribution in [3.05, 3.63) is 58.3 Å². The zero-order chi connectivity index (χ0) is 19.0. The number of fused-ring (bicyclic) bond motifs is 1. The summed E-state index contributed by atoms with van der Waals surface area (Å²) in [6.45, 7) is 1.82. The van der Waals surface area contributed by atoms with Gasteiger partial charge in [0.05, 0.1) is 30.8 Å². The molecule has 1 amide bonds. The molecule has 140 valence electrons. The summed E-state index contributed by atoms with van der Waals surface area (Å²) < 4.78 is 5.04. The van der Waals surface area contributed by atoms with Gasteiger partial charge in [0, 0.05) is 11.7 Å². The topological polar surface area (TPSA) is 71.0 Å². The number of hydrogen-bond acceptors (Lipinski definition) is 6. The number of carbonyl (C=O) groups excluding carboxylic acids is 2. The first kappa shape index (κ1) is 17.9. The van der Waals surface area contributed by atoms with Crippen LogP contribution in [0.2, 0.25) is 0 Å². The van der Waals surface area contributed by atoms with E-state index in [1.54, 1.807) is 0 Å². The Labute approximate surface area is 162 Å². The van der Waals surface area contributed by atoms with Crippen LogP contribution in [-0.4, -0.2) is 35.1 Å². The Morgan fingerprint density at radius 1 is 1.30 bits per heavy atom. The van der Waals surface area contributed by atoms with Crippen LogP contribution in [0.4, 0.5) is 0 Å². The molecular formula is C20H21N3O3S. The largest absolute Gasteiger partial charge is 0.466 e. The Hall–Kier alpha value is -2.54. The predicted octanol–water partition coefficient (Wildman–Crippen LogP) is 3.10. The number of methoxy groups -OCH3 is 1. The van der Waals surface area contributed by atoms with Crippen molar-refractivity contribution in [3.63, 3.8) is 0 Å². The Balaban J connectivity index is 1.70. The molecule has 6 nitrogen and oxygen atoms in total. The number of allylic oxidation sites excluding steroid dienone is 1. The minimum Gasteiger partial charge on any atom is -0.466 e. The maximum absolute atomic E-state index is 12.6. The van der Waals surface area contributed by atoms with Crippen molar-refractivity contribution in [1.29, 1.82) is 0 Å². The molecule has 1 aromatic rings. The molecule has 1 saturated carbocycles. The average molecular weight is 383 g/mol. The van der Waals surface area contributed by atoms with E-state index in [4.69, 9.17) is 4.74 Å². The van der Waals surface area contributed by atoms with E-state index in [-0.39, 0.29) is 18.4 Å². The lowest BCUT2D eigenvalue weighted by molar-refractivity contribution is -0.136. The molecule has 1 N–H and O–H groups in total. The van der Waals surface area contributed by atoms with E-state index in [2.05, 4.69) is 10.3 Å². The number of nitrogens with zero attached hydrogens (tertiary/aromatic N) is 2. The number of amides is 1. The van der Waals surface area contributed by atoms with Crippen LogP contribution < -0.4 is 5.32 Å². The fourth-order valence-corrected chi connectivity index (χ4v) is 4.33. The quantitative estimate of drug-likeness (QED) is 0.791. The number of esters is 1. The lowest BCUT2D eigenvalue weighted by Crippen LogP contribution is -2.38. The Morgan fingerprint density at radius 3 is 2.70 bits per heavy atom. The summed E-state index contributed by atoms with van der Waals surface area (Å²) in [5, 5.41) is 5.76. The molecular weight excluding hydrogens is 362 g/mol. The summed E-state index contributed by atoms with van der Waals surface area (Å²) in [5.41, 5.74) is 2.95. The van der Waals surface area contributed by atoms with Gasteiger partial charge in [0.1, 0.15) is 0 Å². The zero-order valence-electron chi connectivity index (χ0n) is 15.3. The number of ether oxygens (including phenoxy) is 1. The standard InChI is InChI=1S/C20H21N3O3S/c1-12-17(19(25)26-2)18(13-6-4-3-5-7-13)23-15(11-27-20(23)21-12)10-16(24)22-14-8-9-14/h3-7,11,14,18H,8-10H2,1-2H3,(H,22,24). The van der Waals surface area contributed by atoms with Gasteiger partial charge in [0.2, 0.25) is 5.91 Å². The third kappa shape index (κ3) is 3.51. The van der Waals surface area contributed by atoms with Crippen LogP contribution in [0.5, 0.6) is 0 Å². The molecule has 7 heteroatoms. The fourth-order valence-electron chi connectivity index (χ4n) is 3.36. The van der Waals surface area contributed by atoms with E-state index >= 15 is 0 Å². The van der Waals surface area contributed by atoms with Gasteiger partial charge in [-0.15, -0.1) is 0 Å². The van der Waals surface area contributed by atoms with Gasteiger partial charge >= 0.3 is 5.97 Å². The zero-order valence-corrected chi connectivity index (χ0v) is 16.1. The molecule has 0 spiro atoms. The Kier molecular flexibility index (Phi) is 4.78. The molecule has 3 aliphatic rings. The van der Waals surface area contributed by atoms with Crippen molar-refractivity contribution in [2.45, 2.75) is 38.3 Å². The second-order valence-corrected chi connectivity index (χ2v) is 7.65. The molecule has 0 saturated heterocycles. The number of benzene rings is 1. The predicted molar refractivity (Wildman–Crippen MR) is 105 cm³/mol. The van der Waals surface area contributed by atoms with E-state index in [9.17, 15) is 9.59 Å². The van der Waals surface area contributed by atoms with Crippen LogP contribution in [0.15, 0.2) is 57.7 Å². The third-order valence-corrected chi connectivity index (χ3v) is 5.69. The summed E-state index contributed by atoms with van der Waals surface area (Å²) in [5.74, 6) is -0.397. The SMILES string of the molecule is COC(=O)C1=C(C)N=C2SC=C(CC(=O)NC3CC3)N2C1c1ccccc1. The molecule has 1 aromatic carbocycles. The van der Waals surface area contributed by atoms with E-state index in [1.165, 1.54) is 18.9 Å². The first-order valence-electron chi connectivity index (χ1n) is 8.95. The van der Waals surface area contributed by atoms with E-state index in [0.29, 0.717) is 17.3 Å². The molecule has 2 heterocycles. The number of carbonyl (C=O) groups is 2. The number of amidine groups is 1. The maximum Gasteiger partial charge on any atom is 0.338 e. The Bertz CT molecular complexity index is 872. The normalized spacial score (nSPS) is 21.4. The van der Waals surface area contributed by atoms with Gasteiger partial charge < -0.3 is 15.0 Å². The van der Waals surface area contributed by atoms with Crippen LogP contribution in [0.1, 0.15) is 37.8 Å². The first-order chi connectivity index (χ1) is 13.1. The fraction of sp³-hybridized carbons (Fsp3) is 0.350.